The van der Waals surface area contributed by atoms with Crippen LogP contribution in [0.3, 0.4) is 0 Å². The van der Waals surface area contributed by atoms with Gasteiger partial charge >= 0.3 is 0 Å². The summed E-state index contributed by atoms with van der Waals surface area (Å²) in [6, 6.07) is 20.6. The maximum Gasteiger partial charge on any atom is 0.232 e. The molecule has 2 aromatic heterocycles. The first kappa shape index (κ1) is 18.2. The molecule has 0 aliphatic rings. The summed E-state index contributed by atoms with van der Waals surface area (Å²) in [5.74, 6) is 1.67. The third-order valence-corrected chi connectivity index (χ3v) is 4.17. The number of nitrogen functional groups attached to an aromatic ring is 2. The Labute approximate surface area is 168 Å². The van der Waals surface area contributed by atoms with Crippen LogP contribution >= 0.6 is 0 Å². The van der Waals surface area contributed by atoms with Gasteiger partial charge in [-0.05, 0) is 23.8 Å². The molecule has 4 rings (SSSR count). The van der Waals surface area contributed by atoms with Gasteiger partial charge in [0.15, 0.2) is 0 Å². The molecule has 4 aromatic rings. The third kappa shape index (κ3) is 4.41. The number of benzene rings is 2. The molecule has 2 heterocycles. The van der Waals surface area contributed by atoms with Gasteiger partial charge in [-0.25, -0.2) is 15.0 Å². The number of rotatable bonds is 6. The minimum absolute atomic E-state index is 0.290. The van der Waals surface area contributed by atoms with Crippen molar-refractivity contribution in [2.75, 3.05) is 11.5 Å². The molecule has 2 aromatic carbocycles. The van der Waals surface area contributed by atoms with Crippen LogP contribution in [0.25, 0.3) is 11.1 Å². The summed E-state index contributed by atoms with van der Waals surface area (Å²) >= 11 is 0. The average Bonchev–Trinajstić information content (AvgIpc) is 2.74. The van der Waals surface area contributed by atoms with Crippen molar-refractivity contribution in [1.29, 1.82) is 0 Å². The molecule has 7 heteroatoms. The number of aromatic nitrogens is 3. The first-order chi connectivity index (χ1) is 14.2. The van der Waals surface area contributed by atoms with E-state index in [0.717, 1.165) is 5.56 Å². The molecule has 0 saturated heterocycles. The van der Waals surface area contributed by atoms with E-state index in [2.05, 4.69) is 15.0 Å². The molecule has 0 radical (unpaired) electrons. The van der Waals surface area contributed by atoms with Gasteiger partial charge in [0.25, 0.3) is 0 Å². The van der Waals surface area contributed by atoms with Crippen LogP contribution in [-0.2, 0) is 6.61 Å². The Bertz CT molecular complexity index is 1100. The van der Waals surface area contributed by atoms with E-state index < -0.39 is 0 Å². The Balaban J connectivity index is 1.56. The summed E-state index contributed by atoms with van der Waals surface area (Å²) < 4.78 is 11.6. The van der Waals surface area contributed by atoms with Crippen molar-refractivity contribution in [2.45, 2.75) is 6.61 Å². The molecule has 0 atom stereocenters. The number of nitrogens with two attached hydrogens (primary N) is 2. The lowest BCUT2D eigenvalue weighted by atomic mass is 10.1. The molecular formula is C22H19N5O2. The van der Waals surface area contributed by atoms with E-state index in [9.17, 15) is 0 Å². The second kappa shape index (κ2) is 8.26. The predicted molar refractivity (Wildman–Crippen MR) is 111 cm³/mol. The SMILES string of the molecule is Nc1cccc(Oc2ncnc(N)c2-c2ccc(OCc3ccccc3)nc2)c1. The van der Waals surface area contributed by atoms with Crippen molar-refractivity contribution < 1.29 is 9.47 Å². The summed E-state index contributed by atoms with van der Waals surface area (Å²) in [5, 5.41) is 0. The summed E-state index contributed by atoms with van der Waals surface area (Å²) in [5.41, 5.74) is 14.8. The first-order valence-corrected chi connectivity index (χ1v) is 8.96. The van der Waals surface area contributed by atoms with E-state index in [-0.39, 0.29) is 0 Å². The van der Waals surface area contributed by atoms with Crippen LogP contribution < -0.4 is 20.9 Å². The van der Waals surface area contributed by atoms with E-state index >= 15 is 0 Å². The molecule has 0 fully saturated rings. The Morgan fingerprint density at radius 1 is 0.828 bits per heavy atom. The number of nitrogens with zero attached hydrogens (tertiary/aromatic N) is 3. The lowest BCUT2D eigenvalue weighted by Gasteiger charge is -2.12. The van der Waals surface area contributed by atoms with Gasteiger partial charge in [0.05, 0.1) is 5.56 Å². The second-order valence-corrected chi connectivity index (χ2v) is 6.27. The summed E-state index contributed by atoms with van der Waals surface area (Å²) in [7, 11) is 0. The van der Waals surface area contributed by atoms with E-state index in [1.165, 1.54) is 6.33 Å². The third-order valence-electron chi connectivity index (χ3n) is 4.17. The zero-order chi connectivity index (χ0) is 20.1. The van der Waals surface area contributed by atoms with Crippen LogP contribution in [0.1, 0.15) is 5.56 Å². The van der Waals surface area contributed by atoms with Gasteiger partial charge < -0.3 is 20.9 Å². The Hall–Kier alpha value is -4.13. The standard InChI is InChI=1S/C22H19N5O2/c23-17-7-4-8-18(11-17)29-22-20(21(24)26-14-27-22)16-9-10-19(25-12-16)28-13-15-5-2-1-3-6-15/h1-12,14H,13,23H2,(H2,24,26,27). The van der Waals surface area contributed by atoms with Crippen molar-refractivity contribution in [3.05, 3.63) is 84.8 Å². The molecular weight excluding hydrogens is 366 g/mol. The highest BCUT2D eigenvalue weighted by atomic mass is 16.5. The molecule has 0 unspecified atom stereocenters. The van der Waals surface area contributed by atoms with Crippen LogP contribution in [-0.4, -0.2) is 15.0 Å². The van der Waals surface area contributed by atoms with Gasteiger partial charge in [-0.15, -0.1) is 0 Å². The molecule has 0 spiro atoms. The lowest BCUT2D eigenvalue weighted by molar-refractivity contribution is 0.294. The van der Waals surface area contributed by atoms with Gasteiger partial charge in [-0.2, -0.15) is 0 Å². The number of anilines is 2. The number of hydrogen-bond acceptors (Lipinski definition) is 7. The summed E-state index contributed by atoms with van der Waals surface area (Å²) in [4.78, 5) is 12.7. The van der Waals surface area contributed by atoms with Crippen molar-refractivity contribution in [2.24, 2.45) is 0 Å². The van der Waals surface area contributed by atoms with E-state index in [0.29, 0.717) is 46.7 Å². The van der Waals surface area contributed by atoms with Crippen LogP contribution in [0.4, 0.5) is 11.5 Å². The molecule has 4 N–H and O–H groups in total. The van der Waals surface area contributed by atoms with Crippen molar-refractivity contribution in [3.63, 3.8) is 0 Å². The van der Waals surface area contributed by atoms with Crippen LogP contribution in [0.15, 0.2) is 79.3 Å². The molecule has 0 aliphatic carbocycles. The lowest BCUT2D eigenvalue weighted by Crippen LogP contribution is -2.01. The fraction of sp³-hybridized carbons (Fsp3) is 0.0455. The van der Waals surface area contributed by atoms with Crippen LogP contribution in [0.2, 0.25) is 0 Å². The van der Waals surface area contributed by atoms with Gasteiger partial charge in [0.2, 0.25) is 11.8 Å². The maximum absolute atomic E-state index is 6.09. The van der Waals surface area contributed by atoms with Crippen LogP contribution in [0.5, 0.6) is 17.5 Å². The average molecular weight is 385 g/mol. The normalized spacial score (nSPS) is 10.5. The monoisotopic (exact) mass is 385 g/mol. The highest BCUT2D eigenvalue weighted by Gasteiger charge is 2.15. The van der Waals surface area contributed by atoms with Gasteiger partial charge in [0, 0.05) is 29.6 Å². The highest BCUT2D eigenvalue weighted by molar-refractivity contribution is 5.78. The first-order valence-electron chi connectivity index (χ1n) is 8.96. The number of pyridine rings is 1. The van der Waals surface area contributed by atoms with Gasteiger partial charge in [-0.1, -0.05) is 36.4 Å². The van der Waals surface area contributed by atoms with Crippen molar-refractivity contribution in [3.8, 4) is 28.6 Å². The Kier molecular flexibility index (Phi) is 5.20. The zero-order valence-electron chi connectivity index (χ0n) is 15.5. The van der Waals surface area contributed by atoms with Crippen molar-refractivity contribution in [1.82, 2.24) is 15.0 Å². The van der Waals surface area contributed by atoms with Crippen molar-refractivity contribution >= 4 is 11.5 Å². The molecule has 7 nitrogen and oxygen atoms in total. The van der Waals surface area contributed by atoms with Gasteiger partial charge in [-0.3, -0.25) is 0 Å². The smallest absolute Gasteiger partial charge is 0.232 e. The number of hydrogen-bond donors (Lipinski definition) is 2. The minimum Gasteiger partial charge on any atom is -0.473 e. The van der Waals surface area contributed by atoms with E-state index in [1.807, 2.05) is 36.4 Å². The fourth-order valence-electron chi connectivity index (χ4n) is 2.77. The summed E-state index contributed by atoms with van der Waals surface area (Å²) in [6.45, 7) is 0.438. The topological polar surface area (TPSA) is 109 Å². The van der Waals surface area contributed by atoms with Gasteiger partial charge in [0.1, 0.15) is 24.5 Å². The predicted octanol–water partition coefficient (Wildman–Crippen LogP) is 4.07. The highest BCUT2D eigenvalue weighted by Crippen LogP contribution is 2.35. The Morgan fingerprint density at radius 3 is 2.45 bits per heavy atom. The molecule has 0 aliphatic heterocycles. The number of ether oxygens (including phenoxy) is 2. The van der Waals surface area contributed by atoms with E-state index in [1.54, 1.807) is 36.5 Å². The summed E-state index contributed by atoms with van der Waals surface area (Å²) in [6.07, 6.45) is 3.01. The fourth-order valence-corrected chi connectivity index (χ4v) is 2.77. The molecule has 144 valence electrons. The van der Waals surface area contributed by atoms with Crippen LogP contribution in [0, 0.1) is 0 Å². The molecule has 0 amide bonds. The van der Waals surface area contributed by atoms with E-state index in [4.69, 9.17) is 20.9 Å². The Morgan fingerprint density at radius 2 is 1.69 bits per heavy atom. The maximum atomic E-state index is 6.09. The molecule has 0 bridgehead atoms. The zero-order valence-corrected chi connectivity index (χ0v) is 15.5. The largest absolute Gasteiger partial charge is 0.473 e. The second-order valence-electron chi connectivity index (χ2n) is 6.27. The minimum atomic E-state index is 0.290. The molecule has 29 heavy (non-hydrogen) atoms. The molecule has 0 saturated carbocycles. The quantitative estimate of drug-likeness (QED) is 0.481.